The quantitative estimate of drug-likeness (QED) is 0.862. The van der Waals surface area contributed by atoms with E-state index in [9.17, 15) is 8.42 Å². The third kappa shape index (κ3) is 2.09. The highest BCUT2D eigenvalue weighted by molar-refractivity contribution is 7.89. The van der Waals surface area contributed by atoms with Crippen LogP contribution < -0.4 is 5.73 Å². The van der Waals surface area contributed by atoms with Gasteiger partial charge in [-0.25, -0.2) is 8.42 Å². The van der Waals surface area contributed by atoms with Crippen molar-refractivity contribution in [2.45, 2.75) is 24.9 Å². The summed E-state index contributed by atoms with van der Waals surface area (Å²) in [6, 6.07) is 12.8. The molecule has 2 N–H and O–H groups in total. The van der Waals surface area contributed by atoms with E-state index in [-0.39, 0.29) is 0 Å². The van der Waals surface area contributed by atoms with E-state index in [1.807, 2.05) is 24.3 Å². The number of sulfonamides is 1. The molecule has 1 aliphatic rings. The zero-order valence-electron chi connectivity index (χ0n) is 11.2. The van der Waals surface area contributed by atoms with Crippen molar-refractivity contribution in [1.29, 1.82) is 0 Å². The van der Waals surface area contributed by atoms with Crippen molar-refractivity contribution in [1.82, 2.24) is 4.31 Å². The summed E-state index contributed by atoms with van der Waals surface area (Å²) in [6.45, 7) is 2.63. The Bertz CT molecular complexity index is 744. The third-order valence-electron chi connectivity index (χ3n) is 3.64. The maximum absolute atomic E-state index is 12.7. The smallest absolute Gasteiger partial charge is 0.244 e. The third-order valence-corrected chi connectivity index (χ3v) is 5.58. The molecule has 0 fully saturated rings. The second-order valence-electron chi connectivity index (χ2n) is 5.07. The van der Waals surface area contributed by atoms with Crippen LogP contribution in [0.15, 0.2) is 47.4 Å². The number of nitrogens with zero attached hydrogens (tertiary/aromatic N) is 1. The molecule has 5 heteroatoms. The minimum absolute atomic E-state index is 0.297. The first kappa shape index (κ1) is 13.1. The van der Waals surface area contributed by atoms with Gasteiger partial charge in [0.25, 0.3) is 0 Å². The fourth-order valence-electron chi connectivity index (χ4n) is 2.51. The van der Waals surface area contributed by atoms with E-state index in [4.69, 9.17) is 5.73 Å². The predicted octanol–water partition coefficient (Wildman–Crippen LogP) is 2.28. The molecule has 0 atom stereocenters. The molecular formula is C15H16N2O2S. The molecule has 0 radical (unpaired) electrons. The number of hydrogen-bond acceptors (Lipinski definition) is 3. The van der Waals surface area contributed by atoms with Gasteiger partial charge < -0.3 is 5.73 Å². The van der Waals surface area contributed by atoms with Gasteiger partial charge in [-0.1, -0.05) is 30.3 Å². The van der Waals surface area contributed by atoms with Crippen LogP contribution in [0.1, 0.15) is 16.7 Å². The first-order valence-electron chi connectivity index (χ1n) is 6.41. The van der Waals surface area contributed by atoms with Gasteiger partial charge in [0.05, 0.1) is 4.90 Å². The normalized spacial score (nSPS) is 15.2. The van der Waals surface area contributed by atoms with E-state index in [0.717, 1.165) is 16.7 Å². The predicted molar refractivity (Wildman–Crippen MR) is 78.5 cm³/mol. The van der Waals surface area contributed by atoms with Crippen molar-refractivity contribution in [2.75, 3.05) is 5.73 Å². The average molecular weight is 288 g/mol. The molecule has 20 heavy (non-hydrogen) atoms. The van der Waals surface area contributed by atoms with Crippen LogP contribution in [0, 0.1) is 6.92 Å². The van der Waals surface area contributed by atoms with E-state index in [1.165, 1.54) is 10.4 Å². The Morgan fingerprint density at radius 2 is 1.65 bits per heavy atom. The summed E-state index contributed by atoms with van der Waals surface area (Å²) in [5.74, 6) is 0. The Morgan fingerprint density at radius 3 is 2.25 bits per heavy atom. The van der Waals surface area contributed by atoms with Gasteiger partial charge in [0.2, 0.25) is 10.0 Å². The van der Waals surface area contributed by atoms with Crippen molar-refractivity contribution in [3.05, 3.63) is 59.2 Å². The van der Waals surface area contributed by atoms with E-state index in [0.29, 0.717) is 23.7 Å². The molecule has 2 aromatic carbocycles. The Hall–Kier alpha value is -1.85. The van der Waals surface area contributed by atoms with E-state index in [2.05, 4.69) is 0 Å². The Labute approximate surface area is 118 Å². The molecule has 0 unspecified atom stereocenters. The highest BCUT2D eigenvalue weighted by Crippen LogP contribution is 2.30. The second-order valence-corrected chi connectivity index (χ2v) is 6.97. The summed E-state index contributed by atoms with van der Waals surface area (Å²) in [6.07, 6.45) is 0. The second kappa shape index (κ2) is 4.61. The van der Waals surface area contributed by atoms with E-state index < -0.39 is 10.0 Å². The van der Waals surface area contributed by atoms with Crippen LogP contribution in [0.3, 0.4) is 0 Å². The first-order valence-corrected chi connectivity index (χ1v) is 7.85. The van der Waals surface area contributed by atoms with E-state index in [1.54, 1.807) is 19.1 Å². The van der Waals surface area contributed by atoms with Crippen LogP contribution in [0.2, 0.25) is 0 Å². The standard InChI is InChI=1S/C15H16N2O2S/c1-11-6-7-14(16)8-15(11)20(18,19)17-9-12-4-2-3-5-13(12)10-17/h2-8H,9-10,16H2,1H3. The number of anilines is 1. The van der Waals surface area contributed by atoms with Gasteiger partial charge in [0.1, 0.15) is 0 Å². The van der Waals surface area contributed by atoms with Gasteiger partial charge in [-0.3, -0.25) is 0 Å². The number of nitrogens with two attached hydrogens (primary N) is 1. The molecule has 1 aliphatic heterocycles. The van der Waals surface area contributed by atoms with Crippen molar-refractivity contribution in [2.24, 2.45) is 0 Å². The molecule has 0 aromatic heterocycles. The van der Waals surface area contributed by atoms with Gasteiger partial charge >= 0.3 is 0 Å². The number of hydrogen-bond donors (Lipinski definition) is 1. The number of benzene rings is 2. The summed E-state index contributed by atoms with van der Waals surface area (Å²) < 4.78 is 27.0. The van der Waals surface area contributed by atoms with Crippen molar-refractivity contribution in [3.8, 4) is 0 Å². The Balaban J connectivity index is 2.01. The summed E-state index contributed by atoms with van der Waals surface area (Å²) >= 11 is 0. The summed E-state index contributed by atoms with van der Waals surface area (Å²) in [7, 11) is -3.51. The van der Waals surface area contributed by atoms with Crippen LogP contribution in [-0.2, 0) is 23.1 Å². The minimum Gasteiger partial charge on any atom is -0.399 e. The van der Waals surface area contributed by atoms with Crippen LogP contribution in [0.25, 0.3) is 0 Å². The van der Waals surface area contributed by atoms with Crippen molar-refractivity contribution < 1.29 is 8.42 Å². The SMILES string of the molecule is Cc1ccc(N)cc1S(=O)(=O)N1Cc2ccccc2C1. The molecule has 1 heterocycles. The fourth-order valence-corrected chi connectivity index (χ4v) is 4.16. The molecule has 3 rings (SSSR count). The van der Waals surface area contributed by atoms with Crippen molar-refractivity contribution in [3.63, 3.8) is 0 Å². The molecule has 104 valence electrons. The topological polar surface area (TPSA) is 63.4 Å². The van der Waals surface area contributed by atoms with Crippen LogP contribution >= 0.6 is 0 Å². The summed E-state index contributed by atoms with van der Waals surface area (Å²) in [5, 5.41) is 0. The molecule has 0 saturated carbocycles. The molecule has 4 nitrogen and oxygen atoms in total. The molecule has 0 spiro atoms. The van der Waals surface area contributed by atoms with Gasteiger partial charge in [0, 0.05) is 18.8 Å². The Morgan fingerprint density at radius 1 is 1.05 bits per heavy atom. The molecule has 0 amide bonds. The number of nitrogen functional groups attached to an aromatic ring is 1. The van der Waals surface area contributed by atoms with Gasteiger partial charge in [-0.05, 0) is 35.7 Å². The van der Waals surface area contributed by atoms with Gasteiger partial charge in [-0.2, -0.15) is 4.31 Å². The molecule has 2 aromatic rings. The summed E-state index contributed by atoms with van der Waals surface area (Å²) in [4.78, 5) is 0.297. The molecular weight excluding hydrogens is 272 g/mol. The maximum Gasteiger partial charge on any atom is 0.244 e. The number of aryl methyl sites for hydroxylation is 1. The molecule has 0 aliphatic carbocycles. The lowest BCUT2D eigenvalue weighted by Crippen LogP contribution is -2.26. The Kier molecular flexibility index (Phi) is 3.03. The number of rotatable bonds is 2. The number of fused-ring (bicyclic) bond motifs is 1. The van der Waals surface area contributed by atoms with Crippen molar-refractivity contribution >= 4 is 15.7 Å². The zero-order valence-corrected chi connectivity index (χ0v) is 12.0. The lowest BCUT2D eigenvalue weighted by molar-refractivity contribution is 0.431. The lowest BCUT2D eigenvalue weighted by atomic mass is 10.1. The lowest BCUT2D eigenvalue weighted by Gasteiger charge is -2.17. The maximum atomic E-state index is 12.7. The highest BCUT2D eigenvalue weighted by atomic mass is 32.2. The average Bonchev–Trinajstić information content (AvgIpc) is 2.86. The zero-order chi connectivity index (χ0) is 14.3. The van der Waals surface area contributed by atoms with Crippen LogP contribution in [-0.4, -0.2) is 12.7 Å². The first-order chi connectivity index (χ1) is 9.48. The fraction of sp³-hybridized carbons (Fsp3) is 0.200. The van der Waals surface area contributed by atoms with Gasteiger partial charge in [0.15, 0.2) is 0 Å². The van der Waals surface area contributed by atoms with Gasteiger partial charge in [-0.15, -0.1) is 0 Å². The molecule has 0 bridgehead atoms. The minimum atomic E-state index is -3.51. The molecule has 0 saturated heterocycles. The van der Waals surface area contributed by atoms with Crippen LogP contribution in [0.4, 0.5) is 5.69 Å². The van der Waals surface area contributed by atoms with Crippen LogP contribution in [0.5, 0.6) is 0 Å². The highest BCUT2D eigenvalue weighted by Gasteiger charge is 2.31. The monoisotopic (exact) mass is 288 g/mol. The largest absolute Gasteiger partial charge is 0.399 e. The van der Waals surface area contributed by atoms with E-state index >= 15 is 0 Å². The summed E-state index contributed by atoms with van der Waals surface area (Å²) in [5.41, 5.74) is 9.04.